The Morgan fingerprint density at radius 1 is 1.14 bits per heavy atom. The van der Waals surface area contributed by atoms with Crippen molar-refractivity contribution in [1.82, 2.24) is 10.2 Å². The van der Waals surface area contributed by atoms with Crippen molar-refractivity contribution < 1.29 is 4.79 Å². The molecule has 0 bridgehead atoms. The summed E-state index contributed by atoms with van der Waals surface area (Å²) in [6.07, 6.45) is 4.50. The molecule has 4 atom stereocenters. The van der Waals surface area contributed by atoms with E-state index in [1.807, 2.05) is 0 Å². The Labute approximate surface area is 129 Å². The molecular formula is C17H33N3O. The SMILES string of the molecule is CC1CCN(CCNC(=O)C2CC(N)C(C)CC2C)CC1. The van der Waals surface area contributed by atoms with E-state index in [4.69, 9.17) is 5.73 Å². The lowest BCUT2D eigenvalue weighted by molar-refractivity contribution is -0.128. The molecule has 0 aromatic rings. The maximum atomic E-state index is 12.4. The largest absolute Gasteiger partial charge is 0.355 e. The van der Waals surface area contributed by atoms with E-state index in [1.54, 1.807) is 0 Å². The van der Waals surface area contributed by atoms with Crippen LogP contribution >= 0.6 is 0 Å². The van der Waals surface area contributed by atoms with E-state index in [2.05, 4.69) is 31.0 Å². The third-order valence-corrected chi connectivity index (χ3v) is 5.63. The van der Waals surface area contributed by atoms with Gasteiger partial charge >= 0.3 is 0 Å². The van der Waals surface area contributed by atoms with E-state index in [9.17, 15) is 4.79 Å². The predicted octanol–water partition coefficient (Wildman–Crippen LogP) is 1.84. The first-order valence-corrected chi connectivity index (χ1v) is 8.73. The molecule has 1 saturated carbocycles. The Morgan fingerprint density at radius 2 is 1.81 bits per heavy atom. The second kappa shape index (κ2) is 7.59. The number of carbonyl (C=O) groups excluding carboxylic acids is 1. The summed E-state index contributed by atoms with van der Waals surface area (Å²) in [5.74, 6) is 2.19. The Bertz CT molecular complexity index is 339. The summed E-state index contributed by atoms with van der Waals surface area (Å²) in [6, 6.07) is 0.181. The molecule has 1 aliphatic heterocycles. The third kappa shape index (κ3) is 4.68. The van der Waals surface area contributed by atoms with Gasteiger partial charge in [-0.3, -0.25) is 4.79 Å². The highest BCUT2D eigenvalue weighted by Crippen LogP contribution is 2.32. The van der Waals surface area contributed by atoms with Crippen LogP contribution in [0.25, 0.3) is 0 Å². The Kier molecular flexibility index (Phi) is 6.06. The molecule has 4 unspecified atom stereocenters. The Hall–Kier alpha value is -0.610. The first-order valence-electron chi connectivity index (χ1n) is 8.73. The quantitative estimate of drug-likeness (QED) is 0.832. The van der Waals surface area contributed by atoms with Gasteiger partial charge in [0.1, 0.15) is 0 Å². The van der Waals surface area contributed by atoms with E-state index in [0.29, 0.717) is 11.8 Å². The molecule has 2 rings (SSSR count). The predicted molar refractivity (Wildman–Crippen MR) is 86.9 cm³/mol. The summed E-state index contributed by atoms with van der Waals surface area (Å²) in [7, 11) is 0. The van der Waals surface area contributed by atoms with E-state index in [1.165, 1.54) is 25.9 Å². The van der Waals surface area contributed by atoms with Gasteiger partial charge in [0.15, 0.2) is 0 Å². The molecule has 3 N–H and O–H groups in total. The number of rotatable bonds is 4. The number of hydrogen-bond acceptors (Lipinski definition) is 3. The van der Waals surface area contributed by atoms with E-state index >= 15 is 0 Å². The van der Waals surface area contributed by atoms with Crippen molar-refractivity contribution in [2.45, 2.75) is 52.5 Å². The Balaban J connectivity index is 1.69. The van der Waals surface area contributed by atoms with Crippen LogP contribution in [0.5, 0.6) is 0 Å². The number of nitrogens with two attached hydrogens (primary N) is 1. The summed E-state index contributed by atoms with van der Waals surface area (Å²) in [4.78, 5) is 14.8. The van der Waals surface area contributed by atoms with Crippen LogP contribution in [0.4, 0.5) is 0 Å². The molecule has 1 saturated heterocycles. The average Bonchev–Trinajstić information content (AvgIpc) is 2.45. The zero-order valence-electron chi connectivity index (χ0n) is 14.0. The number of nitrogens with one attached hydrogen (secondary N) is 1. The highest BCUT2D eigenvalue weighted by atomic mass is 16.1. The van der Waals surface area contributed by atoms with E-state index < -0.39 is 0 Å². The fourth-order valence-corrected chi connectivity index (χ4v) is 3.80. The lowest BCUT2D eigenvalue weighted by Gasteiger charge is -2.36. The minimum absolute atomic E-state index is 0.109. The molecule has 4 heteroatoms. The van der Waals surface area contributed by atoms with Crippen molar-refractivity contribution in [1.29, 1.82) is 0 Å². The highest BCUT2D eigenvalue weighted by molar-refractivity contribution is 5.79. The van der Waals surface area contributed by atoms with Crippen molar-refractivity contribution in [3.63, 3.8) is 0 Å². The fourth-order valence-electron chi connectivity index (χ4n) is 3.80. The van der Waals surface area contributed by atoms with E-state index in [0.717, 1.165) is 31.8 Å². The monoisotopic (exact) mass is 295 g/mol. The standard InChI is InChI=1S/C17H33N3O/c1-12-4-7-20(8-5-12)9-6-19-17(21)15-11-16(18)14(3)10-13(15)2/h12-16H,4-11,18H2,1-3H3,(H,19,21). The molecule has 4 nitrogen and oxygen atoms in total. The normalized spacial score (nSPS) is 35.6. The number of nitrogens with zero attached hydrogens (tertiary/aromatic N) is 1. The second-order valence-electron chi connectivity index (χ2n) is 7.51. The lowest BCUT2D eigenvalue weighted by Crippen LogP contribution is -2.46. The first kappa shape index (κ1) is 16.8. The van der Waals surface area contributed by atoms with Gasteiger partial charge in [-0.05, 0) is 56.5 Å². The highest BCUT2D eigenvalue weighted by Gasteiger charge is 2.34. The van der Waals surface area contributed by atoms with Crippen molar-refractivity contribution >= 4 is 5.91 Å². The smallest absolute Gasteiger partial charge is 0.223 e. The molecule has 0 aromatic carbocycles. The summed E-state index contributed by atoms with van der Waals surface area (Å²) in [6.45, 7) is 10.8. The number of piperidine rings is 1. The molecule has 122 valence electrons. The topological polar surface area (TPSA) is 58.4 Å². The van der Waals surface area contributed by atoms with Gasteiger partial charge in [-0.15, -0.1) is 0 Å². The average molecular weight is 295 g/mol. The second-order valence-corrected chi connectivity index (χ2v) is 7.51. The number of hydrogen-bond donors (Lipinski definition) is 2. The van der Waals surface area contributed by atoms with Gasteiger partial charge in [-0.25, -0.2) is 0 Å². The first-order chi connectivity index (χ1) is 9.97. The van der Waals surface area contributed by atoms with Crippen molar-refractivity contribution in [2.75, 3.05) is 26.2 Å². The van der Waals surface area contributed by atoms with Crippen LogP contribution in [0, 0.1) is 23.7 Å². The van der Waals surface area contributed by atoms with Gasteiger partial charge in [0, 0.05) is 25.0 Å². The van der Waals surface area contributed by atoms with Gasteiger partial charge in [0.25, 0.3) is 0 Å². The molecule has 2 fully saturated rings. The third-order valence-electron chi connectivity index (χ3n) is 5.63. The number of likely N-dealkylation sites (tertiary alicyclic amines) is 1. The minimum Gasteiger partial charge on any atom is -0.355 e. The van der Waals surface area contributed by atoms with Gasteiger partial charge in [-0.2, -0.15) is 0 Å². The van der Waals surface area contributed by atoms with Crippen molar-refractivity contribution in [2.24, 2.45) is 29.4 Å². The molecule has 1 heterocycles. The number of amides is 1. The molecular weight excluding hydrogens is 262 g/mol. The molecule has 1 aliphatic carbocycles. The maximum Gasteiger partial charge on any atom is 0.223 e. The minimum atomic E-state index is 0.109. The van der Waals surface area contributed by atoms with Crippen LogP contribution in [-0.2, 0) is 4.79 Å². The fraction of sp³-hybridized carbons (Fsp3) is 0.941. The van der Waals surface area contributed by atoms with Crippen LogP contribution in [0.1, 0.15) is 46.5 Å². The summed E-state index contributed by atoms with van der Waals surface area (Å²) in [5, 5.41) is 3.14. The summed E-state index contributed by atoms with van der Waals surface area (Å²) in [5.41, 5.74) is 6.14. The van der Waals surface area contributed by atoms with E-state index in [-0.39, 0.29) is 17.9 Å². The van der Waals surface area contributed by atoms with Crippen LogP contribution < -0.4 is 11.1 Å². The van der Waals surface area contributed by atoms with Crippen LogP contribution in [0.15, 0.2) is 0 Å². The van der Waals surface area contributed by atoms with Gasteiger partial charge in [0.05, 0.1) is 0 Å². The molecule has 1 amide bonds. The van der Waals surface area contributed by atoms with Crippen molar-refractivity contribution in [3.05, 3.63) is 0 Å². The van der Waals surface area contributed by atoms with Crippen LogP contribution in [-0.4, -0.2) is 43.0 Å². The van der Waals surface area contributed by atoms with Gasteiger partial charge < -0.3 is 16.0 Å². The summed E-state index contributed by atoms with van der Waals surface area (Å²) < 4.78 is 0. The van der Waals surface area contributed by atoms with Crippen molar-refractivity contribution in [3.8, 4) is 0 Å². The lowest BCUT2D eigenvalue weighted by atomic mass is 9.72. The molecule has 21 heavy (non-hydrogen) atoms. The molecule has 0 radical (unpaired) electrons. The van der Waals surface area contributed by atoms with Crippen LogP contribution in [0.3, 0.4) is 0 Å². The maximum absolute atomic E-state index is 12.4. The van der Waals surface area contributed by atoms with Gasteiger partial charge in [-0.1, -0.05) is 20.8 Å². The molecule has 0 aromatic heterocycles. The van der Waals surface area contributed by atoms with Gasteiger partial charge in [0.2, 0.25) is 5.91 Å². The number of carbonyl (C=O) groups is 1. The molecule has 0 spiro atoms. The zero-order chi connectivity index (χ0) is 15.4. The van der Waals surface area contributed by atoms with Crippen LogP contribution in [0.2, 0.25) is 0 Å². The zero-order valence-corrected chi connectivity index (χ0v) is 14.0. The Morgan fingerprint density at radius 3 is 2.48 bits per heavy atom. The molecule has 2 aliphatic rings. The summed E-state index contributed by atoms with van der Waals surface area (Å²) >= 11 is 0.